The molecule has 0 aromatic carbocycles. The number of carbonyl (C=O) groups is 3. The lowest BCUT2D eigenvalue weighted by molar-refractivity contribution is -0.147. The molecule has 12 heteroatoms. The van der Waals surface area contributed by atoms with Gasteiger partial charge in [-0.3, -0.25) is 18.6 Å². The van der Waals surface area contributed by atoms with Gasteiger partial charge in [0, 0.05) is 12.8 Å². The monoisotopic (exact) mass is 806 g/mol. The van der Waals surface area contributed by atoms with Gasteiger partial charge in [-0.1, -0.05) is 200 Å². The van der Waals surface area contributed by atoms with Gasteiger partial charge >= 0.3 is 19.8 Å². The number of carboxylic acid groups (broad SMARTS) is 1. The lowest BCUT2D eigenvalue weighted by Crippen LogP contribution is -2.43. The van der Waals surface area contributed by atoms with Crippen LogP contribution in [-0.4, -0.2) is 64.9 Å². The van der Waals surface area contributed by atoms with Crippen molar-refractivity contribution in [1.82, 2.24) is 5.32 Å². The summed E-state index contributed by atoms with van der Waals surface area (Å²) in [6.45, 7) is 2.57. The number of phosphoric acid groups is 1. The number of esters is 1. The van der Waals surface area contributed by atoms with Gasteiger partial charge in [0.05, 0.1) is 13.2 Å². The molecule has 1 amide bonds. The number of aliphatic hydroxyl groups excluding tert-OH is 1. The second kappa shape index (κ2) is 39.3. The van der Waals surface area contributed by atoms with Crippen molar-refractivity contribution in [2.24, 2.45) is 0 Å². The number of hydrogen-bond acceptors (Lipinski definition) is 8. The van der Waals surface area contributed by atoms with Crippen LogP contribution < -0.4 is 5.32 Å². The van der Waals surface area contributed by atoms with Crippen LogP contribution in [-0.2, 0) is 32.7 Å². The standard InChI is InChI=1S/C43H84NO10P/c1-3-5-7-9-11-13-14-15-16-17-18-19-20-21-22-23-24-25-26-27-29-31-33-35-42(47)52-36-39(45)37-53-55(50,51)54-38-40(43(48)49)44-41(46)34-32-30-28-12-10-8-6-4-2/h39-40,45H,3-38H2,1-2H3,(H,44,46)(H,48,49)(H,50,51). The van der Waals surface area contributed by atoms with Crippen molar-refractivity contribution < 1.29 is 47.8 Å². The van der Waals surface area contributed by atoms with E-state index >= 15 is 0 Å². The van der Waals surface area contributed by atoms with Crippen LogP contribution >= 0.6 is 7.82 Å². The van der Waals surface area contributed by atoms with E-state index in [1.165, 1.54) is 148 Å². The quantitative estimate of drug-likeness (QED) is 0.0264. The fourth-order valence-corrected chi connectivity index (χ4v) is 7.38. The van der Waals surface area contributed by atoms with E-state index in [1.807, 2.05) is 0 Å². The summed E-state index contributed by atoms with van der Waals surface area (Å²) in [6.07, 6.45) is 37.4. The molecule has 0 spiro atoms. The average Bonchev–Trinajstić information content (AvgIpc) is 3.16. The smallest absolute Gasteiger partial charge is 0.472 e. The van der Waals surface area contributed by atoms with E-state index in [0.717, 1.165) is 38.5 Å². The van der Waals surface area contributed by atoms with E-state index in [0.29, 0.717) is 12.8 Å². The van der Waals surface area contributed by atoms with Gasteiger partial charge in [0.25, 0.3) is 0 Å². The zero-order valence-corrected chi connectivity index (χ0v) is 36.2. The number of aliphatic hydroxyl groups is 1. The number of hydrogen-bond donors (Lipinski definition) is 4. The Hall–Kier alpha value is -1.52. The molecule has 0 aliphatic carbocycles. The first-order valence-corrected chi connectivity index (χ1v) is 24.1. The van der Waals surface area contributed by atoms with Gasteiger partial charge < -0.3 is 25.2 Å². The minimum absolute atomic E-state index is 0.149. The molecule has 3 unspecified atom stereocenters. The van der Waals surface area contributed by atoms with Gasteiger partial charge in [-0.2, -0.15) is 0 Å². The molecule has 0 bridgehead atoms. The number of carbonyl (C=O) groups excluding carboxylic acids is 2. The summed E-state index contributed by atoms with van der Waals surface area (Å²) in [5.74, 6) is -2.36. The molecule has 0 fully saturated rings. The van der Waals surface area contributed by atoms with Crippen molar-refractivity contribution >= 4 is 25.7 Å². The lowest BCUT2D eigenvalue weighted by atomic mass is 10.0. The predicted molar refractivity (Wildman–Crippen MR) is 222 cm³/mol. The average molecular weight is 806 g/mol. The predicted octanol–water partition coefficient (Wildman–Crippen LogP) is 11.5. The molecule has 3 atom stereocenters. The molecule has 0 saturated carbocycles. The number of ether oxygens (including phenoxy) is 1. The Morgan fingerprint density at radius 2 is 0.836 bits per heavy atom. The van der Waals surface area contributed by atoms with Gasteiger partial charge in [-0.05, 0) is 12.8 Å². The third-order valence-corrected chi connectivity index (χ3v) is 11.1. The molecule has 0 saturated heterocycles. The number of aliphatic carboxylic acids is 1. The summed E-state index contributed by atoms with van der Waals surface area (Å²) < 4.78 is 26.8. The number of phosphoric ester groups is 1. The summed E-state index contributed by atoms with van der Waals surface area (Å²) in [6, 6.07) is -1.54. The molecule has 0 radical (unpaired) electrons. The molecule has 326 valence electrons. The highest BCUT2D eigenvalue weighted by Crippen LogP contribution is 2.43. The molecule has 0 rings (SSSR count). The molecular weight excluding hydrogens is 721 g/mol. The Balaban J connectivity index is 3.72. The molecule has 4 N–H and O–H groups in total. The van der Waals surface area contributed by atoms with Crippen LogP contribution in [0.1, 0.15) is 226 Å². The fraction of sp³-hybridized carbons (Fsp3) is 0.930. The molecule has 55 heavy (non-hydrogen) atoms. The normalized spacial score (nSPS) is 13.7. The van der Waals surface area contributed by atoms with Gasteiger partial charge in [0.2, 0.25) is 5.91 Å². The van der Waals surface area contributed by atoms with E-state index in [4.69, 9.17) is 13.8 Å². The molecule has 0 aliphatic rings. The highest BCUT2D eigenvalue weighted by molar-refractivity contribution is 7.47. The van der Waals surface area contributed by atoms with Crippen LogP contribution in [0.15, 0.2) is 0 Å². The number of carboxylic acids is 1. The number of unbranched alkanes of at least 4 members (excludes halogenated alkanes) is 29. The van der Waals surface area contributed by atoms with Crippen LogP contribution in [0.2, 0.25) is 0 Å². The molecule has 11 nitrogen and oxygen atoms in total. The maximum atomic E-state index is 12.2. The van der Waals surface area contributed by atoms with Gasteiger partial charge in [-0.15, -0.1) is 0 Å². The van der Waals surface area contributed by atoms with E-state index in [9.17, 15) is 34.1 Å². The Morgan fingerprint density at radius 1 is 0.509 bits per heavy atom. The Bertz CT molecular complexity index is 952. The SMILES string of the molecule is CCCCCCCCCCCCCCCCCCCCCCCCCC(=O)OCC(O)COP(=O)(O)OCC(NC(=O)CCCCCCCCCC)C(=O)O. The fourth-order valence-electron chi connectivity index (χ4n) is 6.61. The van der Waals surface area contributed by atoms with Crippen molar-refractivity contribution in [3.63, 3.8) is 0 Å². The topological polar surface area (TPSA) is 169 Å². The molecule has 0 aromatic heterocycles. The molecule has 0 heterocycles. The van der Waals surface area contributed by atoms with E-state index in [2.05, 4.69) is 19.2 Å². The van der Waals surface area contributed by atoms with Crippen molar-refractivity contribution in [2.45, 2.75) is 238 Å². The minimum atomic E-state index is -4.74. The first-order valence-electron chi connectivity index (χ1n) is 22.6. The van der Waals surface area contributed by atoms with E-state index < -0.39 is 57.6 Å². The number of rotatable bonds is 43. The summed E-state index contributed by atoms with van der Waals surface area (Å²) >= 11 is 0. The Labute approximate surface area is 335 Å². The highest BCUT2D eigenvalue weighted by Gasteiger charge is 2.28. The van der Waals surface area contributed by atoms with Crippen LogP contribution in [0.3, 0.4) is 0 Å². The maximum Gasteiger partial charge on any atom is 0.472 e. The summed E-state index contributed by atoms with van der Waals surface area (Å²) in [5, 5.41) is 21.7. The third-order valence-electron chi connectivity index (χ3n) is 10.1. The first kappa shape index (κ1) is 53.5. The highest BCUT2D eigenvalue weighted by atomic mass is 31.2. The lowest BCUT2D eigenvalue weighted by Gasteiger charge is -2.18. The van der Waals surface area contributed by atoms with Crippen LogP contribution in [0, 0.1) is 0 Å². The van der Waals surface area contributed by atoms with Gasteiger partial charge in [0.15, 0.2) is 6.04 Å². The molecular formula is C43H84NO10P. The summed E-state index contributed by atoms with van der Waals surface area (Å²) in [7, 11) is -4.74. The van der Waals surface area contributed by atoms with E-state index in [1.54, 1.807) is 0 Å². The Morgan fingerprint density at radius 3 is 1.20 bits per heavy atom. The minimum Gasteiger partial charge on any atom is -0.480 e. The first-order chi connectivity index (χ1) is 26.6. The zero-order valence-electron chi connectivity index (χ0n) is 35.3. The van der Waals surface area contributed by atoms with E-state index in [-0.39, 0.29) is 12.8 Å². The third kappa shape index (κ3) is 39.1. The maximum absolute atomic E-state index is 12.2. The van der Waals surface area contributed by atoms with Crippen molar-refractivity contribution in [2.75, 3.05) is 19.8 Å². The summed E-state index contributed by atoms with van der Waals surface area (Å²) in [4.78, 5) is 45.7. The largest absolute Gasteiger partial charge is 0.480 e. The van der Waals surface area contributed by atoms with Crippen molar-refractivity contribution in [1.29, 1.82) is 0 Å². The van der Waals surface area contributed by atoms with Crippen LogP contribution in [0.4, 0.5) is 0 Å². The second-order valence-corrected chi connectivity index (χ2v) is 17.1. The van der Waals surface area contributed by atoms with Gasteiger partial charge in [-0.25, -0.2) is 9.36 Å². The number of amides is 1. The van der Waals surface area contributed by atoms with Crippen molar-refractivity contribution in [3.8, 4) is 0 Å². The second-order valence-electron chi connectivity index (χ2n) is 15.6. The number of nitrogens with one attached hydrogen (secondary N) is 1. The summed E-state index contributed by atoms with van der Waals surface area (Å²) in [5.41, 5.74) is 0. The van der Waals surface area contributed by atoms with Crippen molar-refractivity contribution in [3.05, 3.63) is 0 Å². The molecule has 0 aliphatic heterocycles. The molecule has 0 aromatic rings. The Kier molecular flexibility index (Phi) is 38.2. The van der Waals surface area contributed by atoms with Gasteiger partial charge in [0.1, 0.15) is 12.7 Å². The van der Waals surface area contributed by atoms with Crippen LogP contribution in [0.5, 0.6) is 0 Å². The van der Waals surface area contributed by atoms with Crippen LogP contribution in [0.25, 0.3) is 0 Å². The zero-order chi connectivity index (χ0) is 40.7.